The summed E-state index contributed by atoms with van der Waals surface area (Å²) < 4.78 is 7.66. The molecule has 0 aliphatic heterocycles. The van der Waals surface area contributed by atoms with Crippen LogP contribution in [0.25, 0.3) is 0 Å². The maximum Gasteiger partial charge on any atom is 0.279 e. The van der Waals surface area contributed by atoms with E-state index in [0.29, 0.717) is 18.1 Å². The molecule has 0 aliphatic rings. The molecule has 7 nitrogen and oxygen atoms in total. The van der Waals surface area contributed by atoms with Gasteiger partial charge in [0.2, 0.25) is 0 Å². The van der Waals surface area contributed by atoms with Gasteiger partial charge in [-0.05, 0) is 53.2 Å². The fourth-order valence-electron chi connectivity index (χ4n) is 2.57. The zero-order valence-electron chi connectivity index (χ0n) is 15.3. The predicted molar refractivity (Wildman–Crippen MR) is 110 cm³/mol. The molecule has 1 amide bonds. The molecule has 0 fully saturated rings. The van der Waals surface area contributed by atoms with Crippen molar-refractivity contribution < 1.29 is 9.53 Å². The SMILES string of the molecule is CCN(C(=O)c1ccc(=O)n(CCOc2ccccc2)n1)c1ccc(Br)cn1. The van der Waals surface area contributed by atoms with E-state index in [0.717, 1.165) is 4.47 Å². The summed E-state index contributed by atoms with van der Waals surface area (Å²) in [6.07, 6.45) is 1.63. The lowest BCUT2D eigenvalue weighted by Gasteiger charge is -2.19. The first kappa shape index (κ1) is 19.8. The van der Waals surface area contributed by atoms with Gasteiger partial charge in [0, 0.05) is 23.3 Å². The van der Waals surface area contributed by atoms with Crippen molar-refractivity contribution in [3.05, 3.63) is 81.3 Å². The second kappa shape index (κ2) is 9.27. The lowest BCUT2D eigenvalue weighted by molar-refractivity contribution is 0.0979. The first-order chi connectivity index (χ1) is 13.6. The topological polar surface area (TPSA) is 77.3 Å². The van der Waals surface area contributed by atoms with E-state index in [1.807, 2.05) is 43.3 Å². The summed E-state index contributed by atoms with van der Waals surface area (Å²) in [6, 6.07) is 15.6. The van der Waals surface area contributed by atoms with Crippen molar-refractivity contribution in [1.29, 1.82) is 0 Å². The van der Waals surface area contributed by atoms with E-state index in [-0.39, 0.29) is 30.3 Å². The van der Waals surface area contributed by atoms with E-state index in [2.05, 4.69) is 26.0 Å². The Bertz CT molecular complexity index is 990. The number of carbonyl (C=O) groups is 1. The van der Waals surface area contributed by atoms with Crippen LogP contribution >= 0.6 is 15.9 Å². The van der Waals surface area contributed by atoms with Crippen LogP contribution in [0.1, 0.15) is 17.4 Å². The Kier molecular flexibility index (Phi) is 6.54. The number of hydrogen-bond donors (Lipinski definition) is 0. The third kappa shape index (κ3) is 4.83. The van der Waals surface area contributed by atoms with Crippen molar-refractivity contribution >= 4 is 27.7 Å². The molecule has 0 radical (unpaired) electrons. The van der Waals surface area contributed by atoms with Gasteiger partial charge in [-0.2, -0.15) is 5.10 Å². The molecule has 0 saturated carbocycles. The van der Waals surface area contributed by atoms with Crippen LogP contribution in [0.4, 0.5) is 5.82 Å². The number of hydrogen-bond acceptors (Lipinski definition) is 5. The minimum absolute atomic E-state index is 0.172. The lowest BCUT2D eigenvalue weighted by atomic mass is 10.3. The Hall–Kier alpha value is -3.00. The molecule has 8 heteroatoms. The number of halogens is 1. The molecule has 0 spiro atoms. The van der Waals surface area contributed by atoms with Gasteiger partial charge in [0.1, 0.15) is 23.9 Å². The average molecular weight is 443 g/mol. The number of anilines is 1. The van der Waals surface area contributed by atoms with Gasteiger partial charge in [0.15, 0.2) is 0 Å². The number of aromatic nitrogens is 3. The molecule has 3 aromatic rings. The quantitative estimate of drug-likeness (QED) is 0.561. The Morgan fingerprint density at radius 1 is 1.14 bits per heavy atom. The van der Waals surface area contributed by atoms with Crippen molar-refractivity contribution in [3.63, 3.8) is 0 Å². The molecule has 3 rings (SSSR count). The summed E-state index contributed by atoms with van der Waals surface area (Å²) in [5.74, 6) is 0.902. The van der Waals surface area contributed by atoms with Gasteiger partial charge in [0.25, 0.3) is 11.5 Å². The van der Waals surface area contributed by atoms with Crippen LogP contribution in [0.5, 0.6) is 5.75 Å². The molecule has 0 N–H and O–H groups in total. The summed E-state index contributed by atoms with van der Waals surface area (Å²) >= 11 is 3.33. The number of amides is 1. The highest BCUT2D eigenvalue weighted by Crippen LogP contribution is 2.16. The van der Waals surface area contributed by atoms with Crippen molar-refractivity contribution in [2.75, 3.05) is 18.1 Å². The predicted octanol–water partition coefficient (Wildman–Crippen LogP) is 3.15. The summed E-state index contributed by atoms with van der Waals surface area (Å²) in [4.78, 5) is 30.7. The molecule has 2 heterocycles. The molecule has 1 aromatic carbocycles. The minimum atomic E-state index is -0.324. The number of carbonyl (C=O) groups excluding carboxylic acids is 1. The van der Waals surface area contributed by atoms with Crippen molar-refractivity contribution in [2.24, 2.45) is 0 Å². The van der Waals surface area contributed by atoms with E-state index in [1.165, 1.54) is 21.7 Å². The van der Waals surface area contributed by atoms with Crippen LogP contribution in [0, 0.1) is 0 Å². The van der Waals surface area contributed by atoms with E-state index in [9.17, 15) is 9.59 Å². The number of para-hydroxylation sites is 1. The molecule has 2 aromatic heterocycles. The number of ether oxygens (including phenoxy) is 1. The zero-order valence-corrected chi connectivity index (χ0v) is 16.9. The molecule has 0 aliphatic carbocycles. The number of pyridine rings is 1. The smallest absolute Gasteiger partial charge is 0.279 e. The van der Waals surface area contributed by atoms with Gasteiger partial charge < -0.3 is 4.74 Å². The second-order valence-electron chi connectivity index (χ2n) is 5.83. The lowest BCUT2D eigenvalue weighted by Crippen LogP contribution is -2.34. The summed E-state index contributed by atoms with van der Waals surface area (Å²) in [5, 5.41) is 4.21. The second-order valence-corrected chi connectivity index (χ2v) is 6.74. The van der Waals surface area contributed by atoms with E-state index >= 15 is 0 Å². The fourth-order valence-corrected chi connectivity index (χ4v) is 2.80. The van der Waals surface area contributed by atoms with Gasteiger partial charge in [-0.25, -0.2) is 9.67 Å². The minimum Gasteiger partial charge on any atom is -0.492 e. The summed E-state index contributed by atoms with van der Waals surface area (Å²) in [6.45, 7) is 2.77. The molecular weight excluding hydrogens is 424 g/mol. The van der Waals surface area contributed by atoms with Crippen LogP contribution in [-0.4, -0.2) is 33.8 Å². The number of rotatable bonds is 7. The molecular formula is C20H19BrN4O3. The fraction of sp³-hybridized carbons (Fsp3) is 0.200. The first-order valence-electron chi connectivity index (χ1n) is 8.78. The summed E-state index contributed by atoms with van der Waals surface area (Å²) in [5.41, 5.74) is -0.121. The van der Waals surface area contributed by atoms with Gasteiger partial charge in [-0.15, -0.1) is 0 Å². The number of nitrogens with zero attached hydrogens (tertiary/aromatic N) is 4. The largest absolute Gasteiger partial charge is 0.492 e. The van der Waals surface area contributed by atoms with Crippen molar-refractivity contribution in [2.45, 2.75) is 13.5 Å². The third-order valence-electron chi connectivity index (χ3n) is 3.95. The zero-order chi connectivity index (χ0) is 19.9. The Morgan fingerprint density at radius 3 is 2.61 bits per heavy atom. The van der Waals surface area contributed by atoms with Crippen LogP contribution in [-0.2, 0) is 6.54 Å². The molecule has 0 saturated heterocycles. The van der Waals surface area contributed by atoms with Crippen molar-refractivity contribution in [1.82, 2.24) is 14.8 Å². The van der Waals surface area contributed by atoms with E-state index in [4.69, 9.17) is 4.74 Å². The monoisotopic (exact) mass is 442 g/mol. The highest BCUT2D eigenvalue weighted by Gasteiger charge is 2.19. The van der Waals surface area contributed by atoms with E-state index < -0.39 is 0 Å². The molecule has 0 unspecified atom stereocenters. The van der Waals surface area contributed by atoms with Crippen LogP contribution in [0.2, 0.25) is 0 Å². The third-order valence-corrected chi connectivity index (χ3v) is 4.42. The Morgan fingerprint density at radius 2 is 1.93 bits per heavy atom. The highest BCUT2D eigenvalue weighted by molar-refractivity contribution is 9.10. The molecule has 0 atom stereocenters. The van der Waals surface area contributed by atoms with Crippen molar-refractivity contribution in [3.8, 4) is 5.75 Å². The highest BCUT2D eigenvalue weighted by atomic mass is 79.9. The van der Waals surface area contributed by atoms with E-state index in [1.54, 1.807) is 12.3 Å². The first-order valence-corrected chi connectivity index (χ1v) is 9.57. The standard InChI is InChI=1S/C20H19BrN4O3/c1-2-24(18-10-8-15(21)14-22-18)20(27)17-9-11-19(26)25(23-17)12-13-28-16-6-4-3-5-7-16/h3-11,14H,2,12-13H2,1H3. The Labute approximate surface area is 170 Å². The molecule has 144 valence electrons. The molecule has 28 heavy (non-hydrogen) atoms. The van der Waals surface area contributed by atoms with Crippen LogP contribution < -0.4 is 15.2 Å². The van der Waals surface area contributed by atoms with Gasteiger partial charge in [-0.3, -0.25) is 14.5 Å². The number of benzene rings is 1. The summed E-state index contributed by atoms with van der Waals surface area (Å²) in [7, 11) is 0. The van der Waals surface area contributed by atoms with Gasteiger partial charge >= 0.3 is 0 Å². The van der Waals surface area contributed by atoms with Gasteiger partial charge in [-0.1, -0.05) is 18.2 Å². The average Bonchev–Trinajstić information content (AvgIpc) is 2.72. The maximum atomic E-state index is 12.9. The Balaban J connectivity index is 1.74. The molecule has 0 bridgehead atoms. The van der Waals surface area contributed by atoms with Gasteiger partial charge in [0.05, 0.1) is 6.54 Å². The van der Waals surface area contributed by atoms with Crippen LogP contribution in [0.3, 0.4) is 0 Å². The normalized spacial score (nSPS) is 10.5. The maximum absolute atomic E-state index is 12.9. The van der Waals surface area contributed by atoms with Crippen LogP contribution in [0.15, 0.2) is 70.1 Å².